The lowest BCUT2D eigenvalue weighted by atomic mass is 9.97. The van der Waals surface area contributed by atoms with Crippen molar-refractivity contribution in [1.82, 2.24) is 9.55 Å². The van der Waals surface area contributed by atoms with Crippen LogP contribution >= 0.6 is 0 Å². The van der Waals surface area contributed by atoms with E-state index in [1.54, 1.807) is 12.3 Å². The Hall–Kier alpha value is -2.18. The van der Waals surface area contributed by atoms with E-state index >= 15 is 0 Å². The molecular weight excluding hydrogens is 314 g/mol. The normalized spacial score (nSPS) is 16.0. The molecule has 136 valence electrons. The first kappa shape index (κ1) is 19.1. The van der Waals surface area contributed by atoms with Crippen molar-refractivity contribution in [2.45, 2.75) is 57.5 Å². The average molecular weight is 343 g/mol. The van der Waals surface area contributed by atoms with Crippen molar-refractivity contribution < 1.29 is 0 Å². The first-order valence-electron chi connectivity index (χ1n) is 8.91. The smallest absolute Gasteiger partial charge is 0.354 e. The van der Waals surface area contributed by atoms with E-state index in [1.807, 2.05) is 31.2 Å². The molecule has 1 atom stereocenters. The molecule has 0 radical (unpaired) electrons. The number of anilines is 1. The zero-order chi connectivity index (χ0) is 18.2. The lowest BCUT2D eigenvalue weighted by molar-refractivity contribution is 0.441. The summed E-state index contributed by atoms with van der Waals surface area (Å²) in [5.74, 6) is 0.227. The van der Waals surface area contributed by atoms with E-state index in [-0.39, 0.29) is 17.5 Å². The maximum Gasteiger partial charge on any atom is 0.354 e. The Labute approximate surface area is 149 Å². The summed E-state index contributed by atoms with van der Waals surface area (Å²) in [4.78, 5) is 15.3. The van der Waals surface area contributed by atoms with Gasteiger partial charge in [0.05, 0.1) is 5.69 Å². The molecule has 6 heteroatoms. The van der Waals surface area contributed by atoms with Gasteiger partial charge in [0, 0.05) is 18.3 Å². The van der Waals surface area contributed by atoms with Crippen LogP contribution < -0.4 is 22.9 Å². The number of benzene rings is 1. The maximum atomic E-state index is 11.7. The van der Waals surface area contributed by atoms with Gasteiger partial charge in [-0.05, 0) is 49.9 Å². The SMILES string of the molecule is CC(N)Cc1ccc(-n2ccc(N)nc2=O)cc1.NC1CCCCC1. The van der Waals surface area contributed by atoms with Crippen LogP contribution in [0.4, 0.5) is 5.82 Å². The molecule has 1 unspecified atom stereocenters. The molecule has 0 bridgehead atoms. The van der Waals surface area contributed by atoms with Crippen molar-refractivity contribution >= 4 is 5.82 Å². The van der Waals surface area contributed by atoms with Crippen LogP contribution in [0.1, 0.15) is 44.6 Å². The molecule has 25 heavy (non-hydrogen) atoms. The Bertz CT molecular complexity index is 702. The van der Waals surface area contributed by atoms with Gasteiger partial charge in [-0.25, -0.2) is 4.79 Å². The minimum Gasteiger partial charge on any atom is -0.383 e. The highest BCUT2D eigenvalue weighted by Crippen LogP contribution is 2.14. The summed E-state index contributed by atoms with van der Waals surface area (Å²) in [7, 11) is 0. The molecule has 0 amide bonds. The lowest BCUT2D eigenvalue weighted by Crippen LogP contribution is -2.22. The molecule has 1 aromatic carbocycles. The third kappa shape index (κ3) is 6.32. The topological polar surface area (TPSA) is 113 Å². The fourth-order valence-corrected chi connectivity index (χ4v) is 2.91. The monoisotopic (exact) mass is 343 g/mol. The van der Waals surface area contributed by atoms with E-state index in [9.17, 15) is 4.79 Å². The molecule has 1 aliphatic rings. The van der Waals surface area contributed by atoms with Crippen molar-refractivity contribution in [1.29, 1.82) is 0 Å². The molecule has 3 rings (SSSR count). The van der Waals surface area contributed by atoms with Crippen molar-refractivity contribution in [3.05, 3.63) is 52.6 Å². The summed E-state index contributed by atoms with van der Waals surface area (Å²) >= 11 is 0. The highest BCUT2D eigenvalue weighted by molar-refractivity contribution is 5.36. The first-order chi connectivity index (χ1) is 12.0. The van der Waals surface area contributed by atoms with E-state index in [0.29, 0.717) is 6.04 Å². The molecule has 2 aromatic rings. The fraction of sp³-hybridized carbons (Fsp3) is 0.474. The van der Waals surface area contributed by atoms with Crippen LogP contribution in [0.5, 0.6) is 0 Å². The summed E-state index contributed by atoms with van der Waals surface area (Å²) in [6, 6.07) is 9.92. The van der Waals surface area contributed by atoms with Gasteiger partial charge in [0.25, 0.3) is 0 Å². The van der Waals surface area contributed by atoms with Gasteiger partial charge in [0.15, 0.2) is 0 Å². The highest BCUT2D eigenvalue weighted by Gasteiger charge is 2.06. The largest absolute Gasteiger partial charge is 0.383 e. The number of nitrogens with zero attached hydrogens (tertiary/aromatic N) is 2. The predicted octanol–water partition coefficient (Wildman–Crippen LogP) is 1.98. The van der Waals surface area contributed by atoms with E-state index in [1.165, 1.54) is 36.7 Å². The molecule has 1 aliphatic carbocycles. The summed E-state index contributed by atoms with van der Waals surface area (Å²) < 4.78 is 1.45. The molecule has 1 aromatic heterocycles. The van der Waals surface area contributed by atoms with Crippen molar-refractivity contribution in [3.63, 3.8) is 0 Å². The minimum absolute atomic E-state index is 0.122. The van der Waals surface area contributed by atoms with E-state index < -0.39 is 0 Å². The molecule has 1 heterocycles. The van der Waals surface area contributed by atoms with Crippen LogP contribution in [-0.2, 0) is 6.42 Å². The standard InChI is InChI=1S/C13H16N4O.C6H13N/c1-9(14)8-10-2-4-11(5-3-10)17-7-6-12(15)16-13(17)18;7-6-4-2-1-3-5-6/h2-7,9H,8,14H2,1H3,(H2,15,16,18);6H,1-5,7H2. The molecule has 6 nitrogen and oxygen atoms in total. The van der Waals surface area contributed by atoms with Crippen LogP contribution in [-0.4, -0.2) is 21.6 Å². The Morgan fingerprint density at radius 2 is 1.80 bits per heavy atom. The van der Waals surface area contributed by atoms with Gasteiger partial charge in [0.1, 0.15) is 5.82 Å². The van der Waals surface area contributed by atoms with Gasteiger partial charge in [-0.15, -0.1) is 0 Å². The van der Waals surface area contributed by atoms with Crippen LogP contribution in [0.3, 0.4) is 0 Å². The zero-order valence-electron chi connectivity index (χ0n) is 14.9. The highest BCUT2D eigenvalue weighted by atomic mass is 16.1. The molecule has 0 saturated heterocycles. The summed E-state index contributed by atoms with van der Waals surface area (Å²) in [6.07, 6.45) is 9.09. The van der Waals surface area contributed by atoms with Gasteiger partial charge in [0.2, 0.25) is 0 Å². The number of aromatic nitrogens is 2. The maximum absolute atomic E-state index is 11.7. The lowest BCUT2D eigenvalue weighted by Gasteiger charge is -2.15. The van der Waals surface area contributed by atoms with Crippen LogP contribution in [0.2, 0.25) is 0 Å². The minimum atomic E-state index is -0.380. The number of rotatable bonds is 3. The quantitative estimate of drug-likeness (QED) is 0.788. The van der Waals surface area contributed by atoms with Gasteiger partial charge in [-0.3, -0.25) is 4.57 Å². The third-order valence-electron chi connectivity index (χ3n) is 4.25. The Morgan fingerprint density at radius 1 is 1.16 bits per heavy atom. The molecule has 0 spiro atoms. The van der Waals surface area contributed by atoms with Gasteiger partial charge < -0.3 is 17.2 Å². The van der Waals surface area contributed by atoms with E-state index in [4.69, 9.17) is 17.2 Å². The van der Waals surface area contributed by atoms with E-state index in [0.717, 1.165) is 17.7 Å². The molecular formula is C19H29N5O. The average Bonchev–Trinajstić information content (AvgIpc) is 2.57. The Balaban J connectivity index is 0.000000269. The second kappa shape index (κ2) is 9.34. The second-order valence-corrected chi connectivity index (χ2v) is 6.75. The van der Waals surface area contributed by atoms with Crippen molar-refractivity contribution in [2.24, 2.45) is 11.5 Å². The molecule has 1 fully saturated rings. The number of nitrogen functional groups attached to an aromatic ring is 1. The molecule has 0 aliphatic heterocycles. The Kier molecular flexibility index (Phi) is 7.16. The molecule has 1 saturated carbocycles. The first-order valence-corrected chi connectivity index (χ1v) is 8.91. The number of nitrogens with two attached hydrogens (primary N) is 3. The summed E-state index contributed by atoms with van der Waals surface area (Å²) in [5.41, 5.74) is 18.3. The van der Waals surface area contributed by atoms with Gasteiger partial charge in [-0.2, -0.15) is 4.98 Å². The van der Waals surface area contributed by atoms with Crippen LogP contribution in [0, 0.1) is 0 Å². The summed E-state index contributed by atoms with van der Waals surface area (Å²) in [6.45, 7) is 1.96. The summed E-state index contributed by atoms with van der Waals surface area (Å²) in [5, 5.41) is 0. The predicted molar refractivity (Wildman–Crippen MR) is 103 cm³/mol. The fourth-order valence-electron chi connectivity index (χ4n) is 2.91. The molecule has 6 N–H and O–H groups in total. The Morgan fingerprint density at radius 3 is 2.28 bits per heavy atom. The van der Waals surface area contributed by atoms with Crippen molar-refractivity contribution in [2.75, 3.05) is 5.73 Å². The number of hydrogen-bond acceptors (Lipinski definition) is 5. The van der Waals surface area contributed by atoms with Crippen LogP contribution in [0.25, 0.3) is 5.69 Å². The van der Waals surface area contributed by atoms with Crippen molar-refractivity contribution in [3.8, 4) is 5.69 Å². The van der Waals surface area contributed by atoms with Gasteiger partial charge >= 0.3 is 5.69 Å². The van der Waals surface area contributed by atoms with Crippen LogP contribution in [0.15, 0.2) is 41.3 Å². The zero-order valence-corrected chi connectivity index (χ0v) is 14.9. The van der Waals surface area contributed by atoms with Gasteiger partial charge in [-0.1, -0.05) is 31.4 Å². The second-order valence-electron chi connectivity index (χ2n) is 6.75. The van der Waals surface area contributed by atoms with E-state index in [2.05, 4.69) is 4.98 Å². The number of hydrogen-bond donors (Lipinski definition) is 3. The third-order valence-corrected chi connectivity index (χ3v) is 4.25.